The highest BCUT2D eigenvalue weighted by Gasteiger charge is 2.30. The monoisotopic (exact) mass is 612 g/mol. The van der Waals surface area contributed by atoms with Crippen molar-refractivity contribution in [3.05, 3.63) is 134 Å². The third kappa shape index (κ3) is 7.18. The summed E-state index contributed by atoms with van der Waals surface area (Å²) in [7, 11) is 3.23. The molecule has 0 spiro atoms. The Balaban J connectivity index is 1.24. The van der Waals surface area contributed by atoms with Crippen LogP contribution in [0.5, 0.6) is 0 Å². The normalized spacial score (nSPS) is 27.2. The standard InChI is InChI=1S/C44H53P/c1-31-19-21-34(22-20-31)37-17-10-13-33(27-37)28-38-24-23-35-14-8-9-18-40(35)43-30-39(25-26-41(38)43)42(29-32-11-4-2-5-12-32)44(45)36-15-6-3-7-16-36/h4,8-9,11-12,14-15,18-19,21-22,27,30-31,37-38H,2-3,5-7,10,13,16-17,20,23-26,28-29,45H2,1H3/b44-42-/t31?,37-,38?/m1/s1. The molecule has 0 radical (unpaired) electrons. The molecule has 1 aromatic rings. The Bertz CT molecular complexity index is 1570. The molecule has 1 aromatic carbocycles. The van der Waals surface area contributed by atoms with Crippen LogP contribution in [-0.4, -0.2) is 0 Å². The van der Waals surface area contributed by atoms with Crippen molar-refractivity contribution in [2.75, 3.05) is 0 Å². The van der Waals surface area contributed by atoms with Gasteiger partial charge in [-0.2, -0.15) is 0 Å². The first-order valence-corrected chi connectivity index (χ1v) is 18.8. The zero-order valence-electron chi connectivity index (χ0n) is 27.6. The number of allylic oxidation sites excluding steroid dienone is 18. The second-order valence-corrected chi connectivity index (χ2v) is 15.2. The molecule has 7 rings (SSSR count). The number of hydrogen-bond donors (Lipinski definition) is 0. The molecule has 0 aromatic heterocycles. The van der Waals surface area contributed by atoms with Crippen LogP contribution in [0.2, 0.25) is 0 Å². The summed E-state index contributed by atoms with van der Waals surface area (Å²) < 4.78 is 0. The molecule has 6 aliphatic rings. The molecule has 0 heterocycles. The number of aryl methyl sites for hydroxylation is 1. The Morgan fingerprint density at radius 1 is 0.844 bits per heavy atom. The molecular formula is C44H53P. The van der Waals surface area contributed by atoms with E-state index in [2.05, 4.69) is 95.1 Å². The van der Waals surface area contributed by atoms with Crippen molar-refractivity contribution in [3.8, 4) is 0 Å². The Hall–Kier alpha value is -2.69. The molecule has 6 aliphatic carbocycles. The average molecular weight is 613 g/mol. The van der Waals surface area contributed by atoms with Crippen molar-refractivity contribution in [1.29, 1.82) is 0 Å². The van der Waals surface area contributed by atoms with Crippen LogP contribution in [0.1, 0.15) is 114 Å². The zero-order valence-corrected chi connectivity index (χ0v) is 28.8. The highest BCUT2D eigenvalue weighted by molar-refractivity contribution is 7.23. The lowest BCUT2D eigenvalue weighted by Crippen LogP contribution is -2.14. The van der Waals surface area contributed by atoms with Crippen molar-refractivity contribution in [2.24, 2.45) is 17.8 Å². The summed E-state index contributed by atoms with van der Waals surface area (Å²) in [5.41, 5.74) is 15.9. The molecule has 0 amide bonds. The molecule has 1 heteroatoms. The fourth-order valence-corrected chi connectivity index (χ4v) is 9.37. The third-order valence-electron chi connectivity index (χ3n) is 11.4. The van der Waals surface area contributed by atoms with Gasteiger partial charge in [0, 0.05) is 5.92 Å². The van der Waals surface area contributed by atoms with Gasteiger partial charge >= 0.3 is 0 Å². The van der Waals surface area contributed by atoms with Gasteiger partial charge in [-0.15, -0.1) is 9.24 Å². The molecule has 45 heavy (non-hydrogen) atoms. The quantitative estimate of drug-likeness (QED) is 0.212. The Morgan fingerprint density at radius 2 is 1.78 bits per heavy atom. The maximum Gasteiger partial charge on any atom is 0.00174 e. The van der Waals surface area contributed by atoms with Crippen LogP contribution in [0, 0.1) is 17.8 Å². The van der Waals surface area contributed by atoms with E-state index in [4.69, 9.17) is 0 Å². The van der Waals surface area contributed by atoms with Gasteiger partial charge in [0.2, 0.25) is 0 Å². The zero-order chi connectivity index (χ0) is 30.6. The van der Waals surface area contributed by atoms with E-state index >= 15 is 0 Å². The van der Waals surface area contributed by atoms with Crippen molar-refractivity contribution >= 4 is 14.8 Å². The van der Waals surface area contributed by atoms with Crippen LogP contribution in [0.25, 0.3) is 5.57 Å². The number of hydrogen-bond acceptors (Lipinski definition) is 0. The van der Waals surface area contributed by atoms with Crippen molar-refractivity contribution in [3.63, 3.8) is 0 Å². The fraction of sp³-hybridized carbons (Fsp3) is 0.455. The molecule has 4 atom stereocenters. The topological polar surface area (TPSA) is 0 Å². The molecule has 3 unspecified atom stereocenters. The number of benzene rings is 1. The summed E-state index contributed by atoms with van der Waals surface area (Å²) in [4.78, 5) is 0. The van der Waals surface area contributed by atoms with Crippen LogP contribution >= 0.6 is 9.24 Å². The highest BCUT2D eigenvalue weighted by Crippen LogP contribution is 2.47. The molecule has 0 saturated heterocycles. The smallest absolute Gasteiger partial charge is 0.00174 e. The second-order valence-electron chi connectivity index (χ2n) is 14.6. The van der Waals surface area contributed by atoms with Gasteiger partial charge in [-0.1, -0.05) is 97.0 Å². The first kappa shape index (κ1) is 30.9. The fourth-order valence-electron chi connectivity index (χ4n) is 8.82. The van der Waals surface area contributed by atoms with E-state index in [1.807, 2.05) is 0 Å². The van der Waals surface area contributed by atoms with Gasteiger partial charge in [0.15, 0.2) is 0 Å². The van der Waals surface area contributed by atoms with Gasteiger partial charge < -0.3 is 0 Å². The summed E-state index contributed by atoms with van der Waals surface area (Å²) in [5, 5.41) is 1.49. The van der Waals surface area contributed by atoms with E-state index in [0.29, 0.717) is 17.8 Å². The lowest BCUT2D eigenvalue weighted by atomic mass is 9.75. The molecule has 0 fully saturated rings. The van der Waals surface area contributed by atoms with E-state index in [0.717, 1.165) is 6.42 Å². The highest BCUT2D eigenvalue weighted by atomic mass is 31.0. The largest absolute Gasteiger partial charge is 0.105 e. The van der Waals surface area contributed by atoms with E-state index in [1.165, 1.54) is 113 Å². The van der Waals surface area contributed by atoms with Crippen LogP contribution in [0.15, 0.2) is 123 Å². The molecule has 0 nitrogen and oxygen atoms in total. The van der Waals surface area contributed by atoms with Crippen molar-refractivity contribution in [2.45, 2.75) is 110 Å². The maximum atomic E-state index is 3.23. The minimum atomic E-state index is 0.622. The van der Waals surface area contributed by atoms with Gasteiger partial charge in [0.05, 0.1) is 0 Å². The van der Waals surface area contributed by atoms with Crippen molar-refractivity contribution in [1.82, 2.24) is 0 Å². The van der Waals surface area contributed by atoms with Gasteiger partial charge in [-0.25, -0.2) is 0 Å². The summed E-state index contributed by atoms with van der Waals surface area (Å²) in [5.74, 6) is 1.97. The van der Waals surface area contributed by atoms with E-state index in [-0.39, 0.29) is 0 Å². The predicted octanol–water partition coefficient (Wildman–Crippen LogP) is 12.7. The Morgan fingerprint density at radius 3 is 2.60 bits per heavy atom. The summed E-state index contributed by atoms with van der Waals surface area (Å²) in [6.07, 6.45) is 42.4. The van der Waals surface area contributed by atoms with E-state index < -0.39 is 0 Å². The molecule has 0 bridgehead atoms. The predicted molar refractivity (Wildman–Crippen MR) is 198 cm³/mol. The van der Waals surface area contributed by atoms with Crippen LogP contribution in [0.4, 0.5) is 0 Å². The SMILES string of the molecule is CC1C=CC([C@H]2C=C(CC3CCc4ccccc4C4=C3CCC(/C(CC3=CCCC=C3)=C(\P)C3=CCCCC3)=C4)CCC2)=CC1. The molecule has 0 N–H and O–H groups in total. The molecule has 0 saturated carbocycles. The van der Waals surface area contributed by atoms with Gasteiger partial charge in [0.1, 0.15) is 0 Å². The molecular weight excluding hydrogens is 559 g/mol. The molecule has 0 aliphatic heterocycles. The van der Waals surface area contributed by atoms with Crippen LogP contribution in [-0.2, 0) is 6.42 Å². The lowest BCUT2D eigenvalue weighted by Gasteiger charge is -2.30. The second kappa shape index (κ2) is 14.4. The first-order chi connectivity index (χ1) is 22.1. The van der Waals surface area contributed by atoms with Gasteiger partial charge in [-0.3, -0.25) is 0 Å². The molecule has 234 valence electrons. The van der Waals surface area contributed by atoms with Gasteiger partial charge in [0.25, 0.3) is 0 Å². The maximum absolute atomic E-state index is 3.23. The lowest BCUT2D eigenvalue weighted by molar-refractivity contribution is 0.502. The van der Waals surface area contributed by atoms with Gasteiger partial charge in [-0.05, 0) is 164 Å². The third-order valence-corrected chi connectivity index (χ3v) is 12.1. The number of rotatable bonds is 7. The Kier molecular flexibility index (Phi) is 9.89. The first-order valence-electron chi connectivity index (χ1n) is 18.3. The minimum absolute atomic E-state index is 0.622. The summed E-state index contributed by atoms with van der Waals surface area (Å²) in [6.45, 7) is 2.34. The summed E-state index contributed by atoms with van der Waals surface area (Å²) in [6, 6.07) is 9.36. The summed E-state index contributed by atoms with van der Waals surface area (Å²) >= 11 is 0. The van der Waals surface area contributed by atoms with Crippen molar-refractivity contribution < 1.29 is 0 Å². The van der Waals surface area contributed by atoms with E-state index in [9.17, 15) is 0 Å². The Labute approximate surface area is 275 Å². The minimum Gasteiger partial charge on any atom is -0.105 e. The van der Waals surface area contributed by atoms with Crippen LogP contribution in [0.3, 0.4) is 0 Å². The average Bonchev–Trinajstić information content (AvgIpc) is 3.25. The van der Waals surface area contributed by atoms with E-state index in [1.54, 1.807) is 44.6 Å². The van der Waals surface area contributed by atoms with Crippen LogP contribution < -0.4 is 0 Å². The number of fused-ring (bicyclic) bond motifs is 2.